The summed E-state index contributed by atoms with van der Waals surface area (Å²) in [5, 5.41) is 6.34. The molecule has 2 heterocycles. The van der Waals surface area contributed by atoms with E-state index >= 15 is 8.78 Å². The molecule has 0 radical (unpaired) electrons. The molecule has 4 atom stereocenters. The van der Waals surface area contributed by atoms with Crippen molar-refractivity contribution in [2.45, 2.75) is 48.6 Å². The Morgan fingerprint density at radius 3 is 2.44 bits per heavy atom. The van der Waals surface area contributed by atoms with Gasteiger partial charge in [-0.25, -0.2) is 21.8 Å². The van der Waals surface area contributed by atoms with Gasteiger partial charge in [0, 0.05) is 29.3 Å². The molecular formula is C29H22F6N4O3S. The molecule has 4 aromatic rings. The normalized spacial score (nSPS) is 19.5. The summed E-state index contributed by atoms with van der Waals surface area (Å²) in [5.74, 6) is -7.84. The number of pyridine rings is 1. The molecule has 1 amide bonds. The van der Waals surface area contributed by atoms with Crippen molar-refractivity contribution >= 4 is 17.0 Å². The van der Waals surface area contributed by atoms with E-state index in [0.29, 0.717) is 21.9 Å². The second kappa shape index (κ2) is 10.9. The lowest BCUT2D eigenvalue weighted by atomic mass is 9.95. The van der Waals surface area contributed by atoms with Gasteiger partial charge in [-0.1, -0.05) is 18.2 Å². The van der Waals surface area contributed by atoms with Crippen LogP contribution in [-0.2, 0) is 34.8 Å². The molecule has 0 bridgehead atoms. The van der Waals surface area contributed by atoms with Gasteiger partial charge in [-0.2, -0.15) is 13.9 Å². The van der Waals surface area contributed by atoms with Crippen LogP contribution in [0.3, 0.4) is 0 Å². The maximum Gasteiger partial charge on any atom is 0.293 e. The number of nitrogens with one attached hydrogen (secondary N) is 1. The van der Waals surface area contributed by atoms with Crippen molar-refractivity contribution < 1.29 is 39.9 Å². The number of nitrogens with zero attached hydrogens (tertiary/aromatic N) is 3. The molecular weight excluding hydrogens is 598 g/mol. The Morgan fingerprint density at radius 1 is 1.09 bits per heavy atom. The fourth-order valence-electron chi connectivity index (χ4n) is 5.82. The number of aromatic nitrogens is 3. The van der Waals surface area contributed by atoms with Gasteiger partial charge in [-0.15, -0.1) is 0 Å². The van der Waals surface area contributed by atoms with Crippen molar-refractivity contribution in [1.82, 2.24) is 20.1 Å². The third-order valence-electron chi connectivity index (χ3n) is 7.69. The molecule has 0 aliphatic heterocycles. The van der Waals surface area contributed by atoms with E-state index in [-0.39, 0.29) is 34.6 Å². The molecule has 1 saturated carbocycles. The van der Waals surface area contributed by atoms with E-state index in [9.17, 15) is 31.1 Å². The third-order valence-corrected chi connectivity index (χ3v) is 8.37. The van der Waals surface area contributed by atoms with E-state index in [4.69, 9.17) is 0 Å². The highest BCUT2D eigenvalue weighted by Gasteiger charge is 2.67. The smallest absolute Gasteiger partial charge is 0.293 e. The molecule has 7 nitrogen and oxygen atoms in total. The first-order valence-electron chi connectivity index (χ1n) is 13.1. The highest BCUT2D eigenvalue weighted by atomic mass is 32.2. The van der Waals surface area contributed by atoms with Gasteiger partial charge in [-0.05, 0) is 60.2 Å². The number of halogens is 6. The van der Waals surface area contributed by atoms with Crippen LogP contribution in [0.2, 0.25) is 0 Å². The van der Waals surface area contributed by atoms with Gasteiger partial charge < -0.3 is 9.87 Å². The second-order valence-corrected chi connectivity index (χ2v) is 11.5. The quantitative estimate of drug-likeness (QED) is 0.176. The average molecular weight is 621 g/mol. The Balaban J connectivity index is 1.35. The molecule has 2 aromatic carbocycles. The topological polar surface area (TPSA) is 97.1 Å². The van der Waals surface area contributed by atoms with E-state index < -0.39 is 76.8 Å². The van der Waals surface area contributed by atoms with Gasteiger partial charge in [0.1, 0.15) is 29.6 Å². The minimum atomic E-state index is -3.42. The molecule has 14 heteroatoms. The number of benzene rings is 2. The molecule has 224 valence electrons. The lowest BCUT2D eigenvalue weighted by molar-refractivity contribution is -0.123. The van der Waals surface area contributed by atoms with Crippen molar-refractivity contribution in [2.75, 3.05) is 0 Å². The predicted octanol–water partition coefficient (Wildman–Crippen LogP) is 6.05. The lowest BCUT2D eigenvalue weighted by Crippen LogP contribution is -2.35. The van der Waals surface area contributed by atoms with Gasteiger partial charge in [0.2, 0.25) is 5.91 Å². The third kappa shape index (κ3) is 5.44. The Labute approximate surface area is 243 Å². The summed E-state index contributed by atoms with van der Waals surface area (Å²) in [5.41, 5.74) is -0.273. The van der Waals surface area contributed by atoms with Crippen molar-refractivity contribution in [2.24, 2.45) is 5.92 Å². The van der Waals surface area contributed by atoms with Crippen molar-refractivity contribution in [1.29, 1.82) is 0 Å². The molecule has 1 fully saturated rings. The number of amides is 1. The molecule has 2 N–H and O–H groups in total. The van der Waals surface area contributed by atoms with Crippen LogP contribution in [0.4, 0.5) is 26.3 Å². The van der Waals surface area contributed by atoms with Crippen LogP contribution in [0.25, 0.3) is 11.1 Å². The maximum absolute atomic E-state index is 15.0. The second-order valence-electron chi connectivity index (χ2n) is 10.5. The first kappa shape index (κ1) is 29.1. The molecule has 2 aliphatic rings. The van der Waals surface area contributed by atoms with Crippen LogP contribution >= 0.6 is 0 Å². The summed E-state index contributed by atoms with van der Waals surface area (Å²) in [6.45, 7) is -0.808. The van der Waals surface area contributed by atoms with Gasteiger partial charge >= 0.3 is 0 Å². The number of carbonyl (C=O) groups excluding carboxylic acids is 1. The number of fused-ring (bicyclic) bond motifs is 3. The largest absolute Gasteiger partial charge is 0.346 e. The molecule has 2 aliphatic carbocycles. The van der Waals surface area contributed by atoms with Gasteiger partial charge in [0.25, 0.3) is 12.3 Å². The number of hydrogen-bond acceptors (Lipinski definition) is 4. The zero-order valence-corrected chi connectivity index (χ0v) is 22.8. The Morgan fingerprint density at radius 2 is 1.79 bits per heavy atom. The summed E-state index contributed by atoms with van der Waals surface area (Å²) in [7, 11) is 0. The first-order chi connectivity index (χ1) is 20.4. The van der Waals surface area contributed by atoms with Crippen LogP contribution < -0.4 is 5.32 Å². The summed E-state index contributed by atoms with van der Waals surface area (Å²) in [4.78, 5) is 17.9. The van der Waals surface area contributed by atoms with E-state index in [0.717, 1.165) is 12.1 Å². The van der Waals surface area contributed by atoms with Crippen molar-refractivity contribution in [3.05, 3.63) is 101 Å². The van der Waals surface area contributed by atoms with E-state index in [1.807, 2.05) is 0 Å². The first-order valence-corrected chi connectivity index (χ1v) is 14.2. The Hall–Kier alpha value is -4.04. The number of carbonyl (C=O) groups is 1. The number of alkyl halides is 4. The van der Waals surface area contributed by atoms with Gasteiger partial charge in [0.05, 0.1) is 16.6 Å². The molecule has 6 rings (SSSR count). The molecule has 0 spiro atoms. The number of rotatable bonds is 9. The highest BCUT2D eigenvalue weighted by molar-refractivity contribution is 7.79. The van der Waals surface area contributed by atoms with Crippen molar-refractivity contribution in [3.63, 3.8) is 0 Å². The van der Waals surface area contributed by atoms with E-state index in [1.54, 1.807) is 24.3 Å². The summed E-state index contributed by atoms with van der Waals surface area (Å²) >= 11 is -2.23. The SMILES string of the molecule is O=C(Cn1nc(C(F)F)c2c1C(F)(F)C1CC21)N[C@@H](Cc1cc(F)cc(F)c1)c1ncccc1-c1ccc(S(=O)O)cc1. The maximum atomic E-state index is 15.0. The Bertz CT molecular complexity index is 1730. The van der Waals surface area contributed by atoms with Crippen LogP contribution in [0.15, 0.2) is 65.7 Å². The van der Waals surface area contributed by atoms with Crippen LogP contribution in [0, 0.1) is 17.6 Å². The Kier molecular flexibility index (Phi) is 7.37. The van der Waals surface area contributed by atoms with Crippen molar-refractivity contribution in [3.8, 4) is 11.1 Å². The summed E-state index contributed by atoms with van der Waals surface area (Å²) in [6, 6.07) is 10.9. The average Bonchev–Trinajstić information content (AvgIpc) is 3.61. The standard InChI is InChI=1S/C29H22F6N4O3S/c30-16-8-14(9-17(31)11-16)10-22(25-19(2-1-7-36-25)15-3-5-18(6-4-15)43(41)42)37-23(40)13-39-27-24(26(38-39)28(32)33)20-12-21(20)29(27,34)35/h1-9,11,20-22,28H,10,12-13H2,(H,37,40)(H,41,42)/t20?,21?,22-/m0/s1. The van der Waals surface area contributed by atoms with Gasteiger partial charge in [-0.3, -0.25) is 14.5 Å². The fourth-order valence-corrected chi connectivity index (χ4v) is 6.19. The zero-order chi connectivity index (χ0) is 30.6. The summed E-state index contributed by atoms with van der Waals surface area (Å²) in [6.07, 6.45) is -1.79. The highest BCUT2D eigenvalue weighted by Crippen LogP contribution is 2.68. The lowest BCUT2D eigenvalue weighted by Gasteiger charge is -2.22. The molecule has 43 heavy (non-hydrogen) atoms. The zero-order valence-electron chi connectivity index (χ0n) is 22.0. The molecule has 0 saturated heterocycles. The van der Waals surface area contributed by atoms with E-state index in [1.165, 1.54) is 18.3 Å². The summed E-state index contributed by atoms with van der Waals surface area (Å²) < 4.78 is 107. The van der Waals surface area contributed by atoms with Crippen LogP contribution in [0.5, 0.6) is 0 Å². The minimum Gasteiger partial charge on any atom is -0.346 e. The van der Waals surface area contributed by atoms with Crippen LogP contribution in [-0.4, -0.2) is 29.4 Å². The molecule has 2 aromatic heterocycles. The van der Waals surface area contributed by atoms with Crippen LogP contribution in [0.1, 0.15) is 53.0 Å². The minimum absolute atomic E-state index is 0.0710. The van der Waals surface area contributed by atoms with Gasteiger partial charge in [0.15, 0.2) is 11.1 Å². The van der Waals surface area contributed by atoms with E-state index in [2.05, 4.69) is 15.4 Å². The number of hydrogen-bond donors (Lipinski definition) is 2. The molecule has 3 unspecified atom stereocenters. The predicted molar refractivity (Wildman–Crippen MR) is 142 cm³/mol. The monoisotopic (exact) mass is 620 g/mol. The fraction of sp³-hybridized carbons (Fsp3) is 0.276.